The average Bonchev–Trinajstić information content (AvgIpc) is 2.66. The molecule has 1 amide bonds. The average molecular weight is 262 g/mol. The molecule has 4 heteroatoms. The van der Waals surface area contributed by atoms with Crippen molar-refractivity contribution in [2.45, 2.75) is 44.9 Å². The van der Waals surface area contributed by atoms with Crippen LogP contribution in [0.1, 0.15) is 37.9 Å². The molecule has 0 fully saturated rings. The Morgan fingerprint density at radius 2 is 2.11 bits per heavy atom. The molecule has 0 spiro atoms. The highest BCUT2D eigenvalue weighted by Gasteiger charge is 2.35. The summed E-state index contributed by atoms with van der Waals surface area (Å²) in [7, 11) is 0. The number of aliphatic hydroxyl groups excluding tert-OH is 1. The third-order valence-electron chi connectivity index (χ3n) is 3.68. The van der Waals surface area contributed by atoms with Gasteiger partial charge < -0.3 is 15.7 Å². The number of rotatable bonds is 4. The van der Waals surface area contributed by atoms with Crippen molar-refractivity contribution in [2.24, 2.45) is 0 Å². The Labute approximate surface area is 114 Å². The van der Waals surface area contributed by atoms with Gasteiger partial charge in [-0.2, -0.15) is 0 Å². The first-order chi connectivity index (χ1) is 8.95. The standard InChI is InChI=1S/C15H22N2O2/c1-4-16-15(2,3)14(19)17-13-11-8-6-5-7-10(11)9-12(13)18/h5-8,12-13,16,18H,4,9H2,1-3H3,(H,17,19)/t12-,13+/m1/s1. The number of nitrogens with one attached hydrogen (secondary N) is 2. The summed E-state index contributed by atoms with van der Waals surface area (Å²) >= 11 is 0. The third-order valence-corrected chi connectivity index (χ3v) is 3.68. The first-order valence-electron chi connectivity index (χ1n) is 6.77. The van der Waals surface area contributed by atoms with Crippen LogP contribution >= 0.6 is 0 Å². The van der Waals surface area contributed by atoms with Crippen molar-refractivity contribution < 1.29 is 9.90 Å². The number of hydrogen-bond acceptors (Lipinski definition) is 3. The summed E-state index contributed by atoms with van der Waals surface area (Å²) in [5.41, 5.74) is 1.50. The smallest absolute Gasteiger partial charge is 0.240 e. The van der Waals surface area contributed by atoms with Gasteiger partial charge in [0.2, 0.25) is 5.91 Å². The number of aliphatic hydroxyl groups is 1. The number of fused-ring (bicyclic) bond motifs is 1. The Morgan fingerprint density at radius 1 is 1.42 bits per heavy atom. The molecule has 1 aliphatic rings. The number of hydrogen-bond donors (Lipinski definition) is 3. The summed E-state index contributed by atoms with van der Waals surface area (Å²) < 4.78 is 0. The van der Waals surface area contributed by atoms with Gasteiger partial charge in [0.1, 0.15) is 0 Å². The Bertz CT molecular complexity index is 471. The van der Waals surface area contributed by atoms with Gasteiger partial charge in [-0.3, -0.25) is 4.79 Å². The van der Waals surface area contributed by atoms with Gasteiger partial charge in [0.15, 0.2) is 0 Å². The molecule has 0 aromatic heterocycles. The van der Waals surface area contributed by atoms with Crippen LogP contribution in [0.4, 0.5) is 0 Å². The Balaban J connectivity index is 2.14. The van der Waals surface area contributed by atoms with Crippen LogP contribution in [0.25, 0.3) is 0 Å². The molecule has 0 saturated carbocycles. The predicted octanol–water partition coefficient (Wildman–Crippen LogP) is 1.15. The van der Waals surface area contributed by atoms with Gasteiger partial charge in [0.05, 0.1) is 17.7 Å². The van der Waals surface area contributed by atoms with E-state index in [2.05, 4.69) is 10.6 Å². The molecular formula is C15H22N2O2. The highest BCUT2D eigenvalue weighted by molar-refractivity contribution is 5.86. The highest BCUT2D eigenvalue weighted by atomic mass is 16.3. The van der Waals surface area contributed by atoms with Crippen molar-refractivity contribution in [1.29, 1.82) is 0 Å². The van der Waals surface area contributed by atoms with E-state index in [9.17, 15) is 9.90 Å². The van der Waals surface area contributed by atoms with E-state index >= 15 is 0 Å². The molecule has 1 aromatic carbocycles. The summed E-state index contributed by atoms with van der Waals surface area (Å²) in [6, 6.07) is 7.56. The Kier molecular flexibility index (Phi) is 3.92. The van der Waals surface area contributed by atoms with E-state index in [0.29, 0.717) is 6.42 Å². The summed E-state index contributed by atoms with van der Waals surface area (Å²) in [5, 5.41) is 16.2. The number of carbonyl (C=O) groups is 1. The molecule has 0 bridgehead atoms. The molecule has 2 atom stereocenters. The van der Waals surface area contributed by atoms with Crippen molar-refractivity contribution in [1.82, 2.24) is 10.6 Å². The van der Waals surface area contributed by atoms with Gasteiger partial charge in [-0.05, 0) is 31.5 Å². The predicted molar refractivity (Wildman–Crippen MR) is 74.8 cm³/mol. The van der Waals surface area contributed by atoms with Crippen LogP contribution in [0, 0.1) is 0 Å². The van der Waals surface area contributed by atoms with E-state index in [1.54, 1.807) is 0 Å². The summed E-state index contributed by atoms with van der Waals surface area (Å²) in [6.07, 6.45) is 0.0572. The van der Waals surface area contributed by atoms with Crippen LogP contribution < -0.4 is 10.6 Å². The molecule has 1 aromatic rings. The molecule has 0 saturated heterocycles. The first-order valence-corrected chi connectivity index (χ1v) is 6.77. The molecule has 4 nitrogen and oxygen atoms in total. The minimum atomic E-state index is -0.633. The zero-order chi connectivity index (χ0) is 14.0. The van der Waals surface area contributed by atoms with Gasteiger partial charge in [-0.25, -0.2) is 0 Å². The quantitative estimate of drug-likeness (QED) is 0.763. The van der Waals surface area contributed by atoms with Crippen molar-refractivity contribution in [3.05, 3.63) is 35.4 Å². The lowest BCUT2D eigenvalue weighted by molar-refractivity contribution is -0.128. The largest absolute Gasteiger partial charge is 0.390 e. The molecular weight excluding hydrogens is 240 g/mol. The van der Waals surface area contributed by atoms with E-state index in [0.717, 1.165) is 17.7 Å². The fourth-order valence-electron chi connectivity index (χ4n) is 2.59. The third kappa shape index (κ3) is 2.80. The molecule has 2 rings (SSSR count). The lowest BCUT2D eigenvalue weighted by Gasteiger charge is -2.28. The summed E-state index contributed by atoms with van der Waals surface area (Å²) in [6.45, 7) is 6.39. The fourth-order valence-corrected chi connectivity index (χ4v) is 2.59. The fraction of sp³-hybridized carbons (Fsp3) is 0.533. The lowest BCUT2D eigenvalue weighted by Crippen LogP contribution is -2.54. The SMILES string of the molecule is CCNC(C)(C)C(=O)N[C@H]1c2ccccc2C[C@H]1O. The molecule has 19 heavy (non-hydrogen) atoms. The van der Waals surface area contributed by atoms with E-state index in [1.807, 2.05) is 45.0 Å². The minimum absolute atomic E-state index is 0.0879. The van der Waals surface area contributed by atoms with Gasteiger partial charge >= 0.3 is 0 Å². The van der Waals surface area contributed by atoms with Crippen molar-refractivity contribution in [3.8, 4) is 0 Å². The zero-order valence-electron chi connectivity index (χ0n) is 11.7. The van der Waals surface area contributed by atoms with Crippen LogP contribution in [0.2, 0.25) is 0 Å². The molecule has 0 heterocycles. The molecule has 0 radical (unpaired) electrons. The van der Waals surface area contributed by atoms with Crippen molar-refractivity contribution in [3.63, 3.8) is 0 Å². The van der Waals surface area contributed by atoms with Crippen molar-refractivity contribution >= 4 is 5.91 Å². The van der Waals surface area contributed by atoms with Crippen LogP contribution in [-0.4, -0.2) is 29.2 Å². The van der Waals surface area contributed by atoms with E-state index < -0.39 is 11.6 Å². The van der Waals surface area contributed by atoms with Crippen LogP contribution in [-0.2, 0) is 11.2 Å². The summed E-state index contributed by atoms with van der Waals surface area (Å²) in [5.74, 6) is -0.0879. The second-order valence-electron chi connectivity index (χ2n) is 5.58. The van der Waals surface area contributed by atoms with E-state index in [1.165, 1.54) is 0 Å². The molecule has 0 unspecified atom stereocenters. The van der Waals surface area contributed by atoms with Gasteiger partial charge in [0, 0.05) is 6.42 Å². The van der Waals surface area contributed by atoms with Crippen LogP contribution in [0.5, 0.6) is 0 Å². The van der Waals surface area contributed by atoms with Crippen molar-refractivity contribution in [2.75, 3.05) is 6.54 Å². The number of benzene rings is 1. The Hall–Kier alpha value is -1.39. The first kappa shape index (κ1) is 14.0. The van der Waals surface area contributed by atoms with Gasteiger partial charge in [-0.15, -0.1) is 0 Å². The maximum absolute atomic E-state index is 12.3. The molecule has 104 valence electrons. The Morgan fingerprint density at radius 3 is 2.79 bits per heavy atom. The van der Waals surface area contributed by atoms with E-state index in [-0.39, 0.29) is 11.9 Å². The maximum atomic E-state index is 12.3. The molecule has 1 aliphatic carbocycles. The van der Waals surface area contributed by atoms with Crippen LogP contribution in [0.3, 0.4) is 0 Å². The zero-order valence-corrected chi connectivity index (χ0v) is 11.7. The summed E-state index contributed by atoms with van der Waals surface area (Å²) in [4.78, 5) is 12.3. The lowest BCUT2D eigenvalue weighted by atomic mass is 10.0. The number of amides is 1. The number of carbonyl (C=O) groups excluding carboxylic acids is 1. The molecule has 0 aliphatic heterocycles. The normalized spacial score (nSPS) is 22.1. The van der Waals surface area contributed by atoms with Crippen LogP contribution in [0.15, 0.2) is 24.3 Å². The van der Waals surface area contributed by atoms with Gasteiger partial charge in [-0.1, -0.05) is 31.2 Å². The topological polar surface area (TPSA) is 61.4 Å². The highest BCUT2D eigenvalue weighted by Crippen LogP contribution is 2.31. The monoisotopic (exact) mass is 262 g/mol. The van der Waals surface area contributed by atoms with Gasteiger partial charge in [0.25, 0.3) is 0 Å². The molecule has 3 N–H and O–H groups in total. The number of likely N-dealkylation sites (N-methyl/N-ethyl adjacent to an activating group) is 1. The minimum Gasteiger partial charge on any atom is -0.390 e. The second-order valence-corrected chi connectivity index (χ2v) is 5.58. The van der Waals surface area contributed by atoms with E-state index in [4.69, 9.17) is 0 Å². The second kappa shape index (κ2) is 5.31. The maximum Gasteiger partial charge on any atom is 0.240 e.